The summed E-state index contributed by atoms with van der Waals surface area (Å²) >= 11 is 0. The lowest BCUT2D eigenvalue weighted by Gasteiger charge is -2.43. The molecule has 3 unspecified atom stereocenters. The number of hydrogen-bond acceptors (Lipinski definition) is 5. The van der Waals surface area contributed by atoms with Gasteiger partial charge in [-0.1, -0.05) is 0 Å². The molecule has 0 amide bonds. The molecule has 0 spiro atoms. The van der Waals surface area contributed by atoms with Crippen LogP contribution in [0.15, 0.2) is 0 Å². The van der Waals surface area contributed by atoms with Crippen LogP contribution in [0.4, 0.5) is 0 Å². The summed E-state index contributed by atoms with van der Waals surface area (Å²) in [4.78, 5) is 12.2. The zero-order valence-corrected chi connectivity index (χ0v) is 18.5. The van der Waals surface area contributed by atoms with Gasteiger partial charge in [-0.2, -0.15) is 0 Å². The summed E-state index contributed by atoms with van der Waals surface area (Å²) in [6.45, 7) is 19.2. The van der Waals surface area contributed by atoms with Gasteiger partial charge >= 0.3 is 5.97 Å². The molecular weight excluding hydrogens is 332 g/mol. The largest absolute Gasteiger partial charge is 0.461 e. The third kappa shape index (κ3) is 7.05. The molecule has 1 aliphatic heterocycles. The minimum absolute atomic E-state index is 0.238. The van der Waals surface area contributed by atoms with Crippen LogP contribution in [0.5, 0.6) is 0 Å². The maximum Gasteiger partial charge on any atom is 0.336 e. The number of cyclic esters (lactones) is 1. The predicted molar refractivity (Wildman–Crippen MR) is 95.6 cm³/mol. The smallest absolute Gasteiger partial charge is 0.336 e. The average molecular weight is 365 g/mol. The second kappa shape index (κ2) is 6.86. The molecule has 1 saturated heterocycles. The third-order valence-corrected chi connectivity index (χ3v) is 5.71. The molecule has 0 saturated carbocycles. The van der Waals surface area contributed by atoms with E-state index < -0.39 is 31.1 Å². The van der Waals surface area contributed by atoms with Crippen molar-refractivity contribution in [3.05, 3.63) is 0 Å². The van der Waals surface area contributed by atoms with Gasteiger partial charge in [-0.15, -0.1) is 0 Å². The molecule has 0 N–H and O–H groups in total. The van der Waals surface area contributed by atoms with Gasteiger partial charge in [0.2, 0.25) is 0 Å². The summed E-state index contributed by atoms with van der Waals surface area (Å²) in [6.07, 6.45) is -1.28. The van der Waals surface area contributed by atoms with Crippen molar-refractivity contribution in [3.8, 4) is 0 Å². The van der Waals surface area contributed by atoms with Crippen LogP contribution in [0.25, 0.3) is 0 Å². The summed E-state index contributed by atoms with van der Waals surface area (Å²) in [7, 11) is -5.52. The van der Waals surface area contributed by atoms with E-state index in [4.69, 9.17) is 18.0 Å². The molecule has 3 atom stereocenters. The number of ether oxygens (including phenoxy) is 1. The lowest BCUT2D eigenvalue weighted by Crippen LogP contribution is -2.60. The highest BCUT2D eigenvalue weighted by Gasteiger charge is 2.47. The fourth-order valence-corrected chi connectivity index (χ4v) is 5.46. The van der Waals surface area contributed by atoms with Crippen molar-refractivity contribution < 1.29 is 22.8 Å². The topological polar surface area (TPSA) is 54.0 Å². The molecule has 1 rings (SSSR count). The van der Waals surface area contributed by atoms with Crippen LogP contribution in [-0.4, -0.2) is 55.8 Å². The molecular formula is C14H32O5Si3. The Morgan fingerprint density at radius 3 is 1.68 bits per heavy atom. The van der Waals surface area contributed by atoms with Crippen LogP contribution >= 0.6 is 0 Å². The van der Waals surface area contributed by atoms with E-state index in [1.807, 2.05) is 0 Å². The Bertz CT molecular complexity index is 395. The molecule has 1 heterocycles. The zero-order valence-electron chi connectivity index (χ0n) is 15.5. The quantitative estimate of drug-likeness (QED) is 0.535. The Morgan fingerprint density at radius 2 is 1.27 bits per heavy atom. The minimum atomic E-state index is -1.90. The summed E-state index contributed by atoms with van der Waals surface area (Å²) in [6, 6.07) is 0. The van der Waals surface area contributed by atoms with Gasteiger partial charge < -0.3 is 18.0 Å². The van der Waals surface area contributed by atoms with E-state index in [0.717, 1.165) is 0 Å². The molecule has 22 heavy (non-hydrogen) atoms. The van der Waals surface area contributed by atoms with Gasteiger partial charge in [-0.3, -0.25) is 0 Å². The lowest BCUT2D eigenvalue weighted by molar-refractivity contribution is -0.179. The fourth-order valence-electron chi connectivity index (χ4n) is 2.27. The Kier molecular flexibility index (Phi) is 6.25. The van der Waals surface area contributed by atoms with Crippen molar-refractivity contribution in [3.63, 3.8) is 0 Å². The highest BCUT2D eigenvalue weighted by molar-refractivity contribution is 6.70. The maximum atomic E-state index is 12.2. The molecule has 0 bridgehead atoms. The van der Waals surface area contributed by atoms with E-state index in [0.29, 0.717) is 0 Å². The van der Waals surface area contributed by atoms with Gasteiger partial charge in [0.15, 0.2) is 31.1 Å². The second-order valence-electron chi connectivity index (χ2n) is 8.74. The summed E-state index contributed by atoms with van der Waals surface area (Å²) in [5.74, 6) is -0.318. The first-order chi connectivity index (χ1) is 9.68. The van der Waals surface area contributed by atoms with E-state index in [1.165, 1.54) is 0 Å². The molecule has 130 valence electrons. The van der Waals surface area contributed by atoms with E-state index in [2.05, 4.69) is 58.9 Å². The highest BCUT2D eigenvalue weighted by atomic mass is 28.4. The van der Waals surface area contributed by atoms with Crippen molar-refractivity contribution in [1.82, 2.24) is 0 Å². The molecule has 0 aliphatic carbocycles. The van der Waals surface area contributed by atoms with Crippen LogP contribution in [0.3, 0.4) is 0 Å². The number of esters is 1. The van der Waals surface area contributed by atoms with Crippen LogP contribution in [-0.2, 0) is 22.8 Å². The van der Waals surface area contributed by atoms with Crippen molar-refractivity contribution in [2.75, 3.05) is 6.61 Å². The number of hydrogen-bond donors (Lipinski definition) is 0. The molecule has 0 aromatic rings. The van der Waals surface area contributed by atoms with Crippen LogP contribution in [0, 0.1) is 0 Å². The number of rotatable bonds is 6. The highest BCUT2D eigenvalue weighted by Crippen LogP contribution is 2.27. The van der Waals surface area contributed by atoms with Crippen molar-refractivity contribution in [2.24, 2.45) is 0 Å². The molecule has 1 fully saturated rings. The van der Waals surface area contributed by atoms with E-state index in [-0.39, 0.29) is 24.8 Å². The fraction of sp³-hybridized carbons (Fsp3) is 0.929. The zero-order chi connectivity index (χ0) is 17.3. The van der Waals surface area contributed by atoms with Gasteiger partial charge in [0, 0.05) is 0 Å². The second-order valence-corrected chi connectivity index (χ2v) is 22.1. The molecule has 8 heteroatoms. The Balaban J connectivity index is 3.04. The Labute approximate surface area is 138 Å². The van der Waals surface area contributed by atoms with Gasteiger partial charge in [-0.05, 0) is 58.9 Å². The third-order valence-electron chi connectivity index (χ3n) is 2.76. The minimum Gasteiger partial charge on any atom is -0.461 e. The molecule has 1 aliphatic rings. The van der Waals surface area contributed by atoms with E-state index in [1.54, 1.807) is 0 Å². The Morgan fingerprint density at radius 1 is 0.818 bits per heavy atom. The summed E-state index contributed by atoms with van der Waals surface area (Å²) in [5.41, 5.74) is 0. The van der Waals surface area contributed by atoms with E-state index in [9.17, 15) is 4.79 Å². The van der Waals surface area contributed by atoms with Crippen molar-refractivity contribution >= 4 is 30.9 Å². The van der Waals surface area contributed by atoms with Crippen molar-refractivity contribution in [1.29, 1.82) is 0 Å². The molecule has 0 radical (unpaired) electrons. The number of carbonyl (C=O) groups excluding carboxylic acids is 1. The monoisotopic (exact) mass is 364 g/mol. The van der Waals surface area contributed by atoms with Crippen LogP contribution in [0.1, 0.15) is 0 Å². The summed E-state index contributed by atoms with van der Waals surface area (Å²) < 4.78 is 23.9. The maximum absolute atomic E-state index is 12.2. The normalized spacial score (nSPS) is 27.7. The summed E-state index contributed by atoms with van der Waals surface area (Å²) in [5, 5.41) is 0. The van der Waals surface area contributed by atoms with Crippen molar-refractivity contribution in [2.45, 2.75) is 77.2 Å². The van der Waals surface area contributed by atoms with Gasteiger partial charge in [-0.25, -0.2) is 4.79 Å². The lowest BCUT2D eigenvalue weighted by atomic mass is 10.1. The standard InChI is InChI=1S/C14H32O5Si3/c1-20(2,3)17-11-10-16-14(15)13(19-22(7,8)9)12(11)18-21(4,5)6/h11-13H,10H2,1-9H3. The predicted octanol–water partition coefficient (Wildman–Crippen LogP) is 3.20. The average Bonchev–Trinajstić information content (AvgIpc) is 2.22. The first kappa shape index (κ1) is 20.0. The first-order valence-corrected chi connectivity index (χ1v) is 18.1. The SMILES string of the molecule is C[Si](C)(C)OC1COC(=O)C(O[Si](C)(C)C)C1O[Si](C)(C)C. The molecule has 0 aromatic carbocycles. The van der Waals surface area contributed by atoms with Crippen LogP contribution in [0.2, 0.25) is 58.9 Å². The van der Waals surface area contributed by atoms with Gasteiger partial charge in [0.05, 0.1) is 0 Å². The van der Waals surface area contributed by atoms with Gasteiger partial charge in [0.25, 0.3) is 0 Å². The first-order valence-electron chi connectivity index (χ1n) is 7.88. The van der Waals surface area contributed by atoms with Gasteiger partial charge in [0.1, 0.15) is 18.8 Å². The molecule has 5 nitrogen and oxygen atoms in total. The Hall–Kier alpha value is 0.000649. The van der Waals surface area contributed by atoms with Crippen LogP contribution < -0.4 is 0 Å². The molecule has 0 aromatic heterocycles. The van der Waals surface area contributed by atoms with E-state index >= 15 is 0 Å². The number of carbonyl (C=O) groups is 1.